The lowest BCUT2D eigenvalue weighted by molar-refractivity contribution is -0.123. The van der Waals surface area contributed by atoms with Crippen LogP contribution in [-0.4, -0.2) is 54.6 Å². The number of hydrogen-bond donors (Lipinski definition) is 1. The third kappa shape index (κ3) is 5.40. The molecule has 1 N–H and O–H groups in total. The molecule has 0 atom stereocenters. The van der Waals surface area contributed by atoms with Crippen LogP contribution in [0.5, 0.6) is 11.5 Å². The fourth-order valence-electron chi connectivity index (χ4n) is 3.42. The van der Waals surface area contributed by atoms with E-state index in [-0.39, 0.29) is 35.5 Å². The fourth-order valence-corrected chi connectivity index (χ4v) is 3.42. The molecule has 0 radical (unpaired) electrons. The normalized spacial score (nSPS) is 14.3. The van der Waals surface area contributed by atoms with E-state index >= 15 is 0 Å². The van der Waals surface area contributed by atoms with E-state index in [9.17, 15) is 14.4 Å². The third-order valence-corrected chi connectivity index (χ3v) is 5.25. The average Bonchev–Trinajstić information content (AvgIpc) is 2.78. The number of carbonyl (C=O) groups is 2. The molecule has 1 fully saturated rings. The van der Waals surface area contributed by atoms with Crippen LogP contribution in [0.1, 0.15) is 23.2 Å². The van der Waals surface area contributed by atoms with E-state index in [0.717, 1.165) is 12.8 Å². The number of pyridine rings is 1. The number of ether oxygens (including phenoxy) is 2. The van der Waals surface area contributed by atoms with Gasteiger partial charge in [-0.3, -0.25) is 14.4 Å². The summed E-state index contributed by atoms with van der Waals surface area (Å²) in [6.07, 6.45) is 3.18. The van der Waals surface area contributed by atoms with Gasteiger partial charge < -0.3 is 24.3 Å². The van der Waals surface area contributed by atoms with E-state index in [4.69, 9.17) is 9.47 Å². The van der Waals surface area contributed by atoms with Crippen LogP contribution >= 0.6 is 0 Å². The van der Waals surface area contributed by atoms with Gasteiger partial charge >= 0.3 is 0 Å². The van der Waals surface area contributed by atoms with E-state index in [2.05, 4.69) is 5.32 Å². The van der Waals surface area contributed by atoms with Crippen LogP contribution in [0.15, 0.2) is 47.4 Å². The second-order valence-corrected chi connectivity index (χ2v) is 7.35. The molecule has 0 unspecified atom stereocenters. The van der Waals surface area contributed by atoms with Gasteiger partial charge in [0.15, 0.2) is 6.61 Å². The molecule has 1 aromatic carbocycles. The molecule has 0 spiro atoms. The van der Waals surface area contributed by atoms with Crippen molar-refractivity contribution in [3.05, 3.63) is 58.5 Å². The lowest BCUT2D eigenvalue weighted by Gasteiger charge is -2.32. The van der Waals surface area contributed by atoms with Crippen LogP contribution in [0, 0.1) is 5.92 Å². The molecule has 2 aromatic rings. The first-order valence-corrected chi connectivity index (χ1v) is 9.96. The number of carbonyl (C=O) groups excluding carboxylic acids is 2. The monoisotopic (exact) mass is 413 g/mol. The number of nitrogens with one attached hydrogen (secondary N) is 1. The Labute approximate surface area is 175 Å². The number of amides is 2. The van der Waals surface area contributed by atoms with E-state index in [0.29, 0.717) is 31.1 Å². The molecule has 8 heteroatoms. The van der Waals surface area contributed by atoms with Gasteiger partial charge in [0.2, 0.25) is 0 Å². The third-order valence-electron chi connectivity index (χ3n) is 5.25. The largest absolute Gasteiger partial charge is 0.497 e. The summed E-state index contributed by atoms with van der Waals surface area (Å²) in [5.41, 5.74) is -0.0885. The summed E-state index contributed by atoms with van der Waals surface area (Å²) in [6, 6.07) is 10.4. The van der Waals surface area contributed by atoms with Gasteiger partial charge in [-0.15, -0.1) is 0 Å². The summed E-state index contributed by atoms with van der Waals surface area (Å²) in [4.78, 5) is 38.6. The first-order chi connectivity index (χ1) is 14.5. The average molecular weight is 413 g/mol. The Balaban J connectivity index is 1.41. The van der Waals surface area contributed by atoms with Gasteiger partial charge in [0.1, 0.15) is 17.1 Å². The Morgan fingerprint density at radius 1 is 1.13 bits per heavy atom. The summed E-state index contributed by atoms with van der Waals surface area (Å²) in [5, 5.41) is 2.89. The van der Waals surface area contributed by atoms with Crippen molar-refractivity contribution in [3.8, 4) is 11.5 Å². The van der Waals surface area contributed by atoms with Gasteiger partial charge in [0, 0.05) is 38.9 Å². The molecule has 1 saturated heterocycles. The van der Waals surface area contributed by atoms with Crippen molar-refractivity contribution in [1.29, 1.82) is 0 Å². The molecule has 0 bridgehead atoms. The predicted octanol–water partition coefficient (Wildman–Crippen LogP) is 1.44. The lowest BCUT2D eigenvalue weighted by Crippen LogP contribution is -2.43. The van der Waals surface area contributed by atoms with Crippen molar-refractivity contribution < 1.29 is 19.1 Å². The fraction of sp³-hybridized carbons (Fsp3) is 0.409. The smallest absolute Gasteiger partial charge is 0.263 e. The van der Waals surface area contributed by atoms with E-state index in [1.165, 1.54) is 4.57 Å². The van der Waals surface area contributed by atoms with Crippen LogP contribution in [-0.2, 0) is 11.8 Å². The van der Waals surface area contributed by atoms with Crippen LogP contribution in [0.2, 0.25) is 0 Å². The SMILES string of the molecule is COc1cccc(OCC(=O)NCC2CCN(C(=O)c3cccn(C)c3=O)CC2)c1. The van der Waals surface area contributed by atoms with E-state index in [1.807, 2.05) is 0 Å². The van der Waals surface area contributed by atoms with Gasteiger partial charge in [-0.2, -0.15) is 0 Å². The molecular formula is C22H27N3O5. The maximum Gasteiger partial charge on any atom is 0.263 e. The van der Waals surface area contributed by atoms with Crippen molar-refractivity contribution in [2.24, 2.45) is 13.0 Å². The molecule has 2 amide bonds. The molecule has 2 heterocycles. The number of aryl methyl sites for hydroxylation is 1. The van der Waals surface area contributed by atoms with Gasteiger partial charge in [-0.05, 0) is 43.0 Å². The highest BCUT2D eigenvalue weighted by Crippen LogP contribution is 2.19. The number of rotatable bonds is 7. The lowest BCUT2D eigenvalue weighted by atomic mass is 9.96. The van der Waals surface area contributed by atoms with Crippen molar-refractivity contribution in [2.45, 2.75) is 12.8 Å². The number of benzene rings is 1. The van der Waals surface area contributed by atoms with E-state index < -0.39 is 0 Å². The molecule has 30 heavy (non-hydrogen) atoms. The molecule has 1 aliphatic rings. The van der Waals surface area contributed by atoms with Crippen LogP contribution in [0.4, 0.5) is 0 Å². The standard InChI is InChI=1S/C22H27N3O5/c1-24-10-4-7-19(21(24)27)22(28)25-11-8-16(9-12-25)14-23-20(26)15-30-18-6-3-5-17(13-18)29-2/h3-7,10,13,16H,8-9,11-12,14-15H2,1-2H3,(H,23,26). The molecule has 0 saturated carbocycles. The maximum absolute atomic E-state index is 12.6. The van der Waals surface area contributed by atoms with Crippen molar-refractivity contribution >= 4 is 11.8 Å². The molecule has 160 valence electrons. The number of nitrogens with zero attached hydrogens (tertiary/aromatic N) is 2. The molecule has 8 nitrogen and oxygen atoms in total. The quantitative estimate of drug-likeness (QED) is 0.742. The summed E-state index contributed by atoms with van der Waals surface area (Å²) in [6.45, 7) is 1.60. The Morgan fingerprint density at radius 3 is 2.60 bits per heavy atom. The number of likely N-dealkylation sites (tertiary alicyclic amines) is 1. The minimum atomic E-state index is -0.284. The number of hydrogen-bond acceptors (Lipinski definition) is 5. The molecule has 1 aromatic heterocycles. The second kappa shape index (κ2) is 9.96. The number of aromatic nitrogens is 1. The van der Waals surface area contributed by atoms with Gasteiger partial charge in [0.05, 0.1) is 7.11 Å². The number of piperidine rings is 1. The zero-order valence-electron chi connectivity index (χ0n) is 17.3. The zero-order chi connectivity index (χ0) is 21.5. The van der Waals surface area contributed by atoms with Crippen LogP contribution < -0.4 is 20.3 Å². The predicted molar refractivity (Wildman–Crippen MR) is 112 cm³/mol. The van der Waals surface area contributed by atoms with Crippen molar-refractivity contribution in [3.63, 3.8) is 0 Å². The first kappa shape index (κ1) is 21.4. The Bertz CT molecular complexity index is 948. The van der Waals surface area contributed by atoms with Crippen molar-refractivity contribution in [1.82, 2.24) is 14.8 Å². The zero-order valence-corrected chi connectivity index (χ0v) is 17.3. The van der Waals surface area contributed by atoms with Crippen LogP contribution in [0.25, 0.3) is 0 Å². The minimum absolute atomic E-state index is 0.0677. The topological polar surface area (TPSA) is 89.9 Å². The molecular weight excluding hydrogens is 386 g/mol. The minimum Gasteiger partial charge on any atom is -0.497 e. The molecule has 0 aliphatic carbocycles. The first-order valence-electron chi connectivity index (χ1n) is 9.96. The van der Waals surface area contributed by atoms with Gasteiger partial charge in [0.25, 0.3) is 17.4 Å². The molecule has 3 rings (SSSR count). The number of methoxy groups -OCH3 is 1. The Kier molecular flexibility index (Phi) is 7.11. The van der Waals surface area contributed by atoms with Crippen molar-refractivity contribution in [2.75, 3.05) is 33.4 Å². The van der Waals surface area contributed by atoms with E-state index in [1.54, 1.807) is 61.7 Å². The van der Waals surface area contributed by atoms with Gasteiger partial charge in [-0.25, -0.2) is 0 Å². The summed E-state index contributed by atoms with van der Waals surface area (Å²) >= 11 is 0. The molecule has 1 aliphatic heterocycles. The highest BCUT2D eigenvalue weighted by molar-refractivity contribution is 5.93. The summed E-state index contributed by atoms with van der Waals surface area (Å²) in [5.74, 6) is 1.11. The highest BCUT2D eigenvalue weighted by atomic mass is 16.5. The summed E-state index contributed by atoms with van der Waals surface area (Å²) < 4.78 is 12.0. The maximum atomic E-state index is 12.6. The second-order valence-electron chi connectivity index (χ2n) is 7.35. The Morgan fingerprint density at radius 2 is 1.87 bits per heavy atom. The Hall–Kier alpha value is -3.29. The summed E-state index contributed by atoms with van der Waals surface area (Å²) in [7, 11) is 3.20. The van der Waals surface area contributed by atoms with Gasteiger partial charge in [-0.1, -0.05) is 6.07 Å². The van der Waals surface area contributed by atoms with Crippen LogP contribution in [0.3, 0.4) is 0 Å². The highest BCUT2D eigenvalue weighted by Gasteiger charge is 2.25.